The fourth-order valence-electron chi connectivity index (χ4n) is 3.90. The van der Waals surface area contributed by atoms with Crippen LogP contribution in [0.3, 0.4) is 0 Å². The van der Waals surface area contributed by atoms with E-state index in [1.54, 1.807) is 0 Å². The fraction of sp³-hybridized carbons (Fsp3) is 0.923. The Kier molecular flexibility index (Phi) is 2.06. The molecule has 2 rings (SSSR count). The van der Waals surface area contributed by atoms with E-state index in [4.69, 9.17) is 0 Å². The lowest BCUT2D eigenvalue weighted by Gasteiger charge is -2.50. The molecule has 2 aliphatic carbocycles. The molecule has 0 bridgehead atoms. The van der Waals surface area contributed by atoms with Gasteiger partial charge in [0, 0.05) is 11.8 Å². The highest BCUT2D eigenvalue weighted by Crippen LogP contribution is 2.63. The van der Waals surface area contributed by atoms with E-state index in [0.717, 1.165) is 18.8 Å². The summed E-state index contributed by atoms with van der Waals surface area (Å²) < 4.78 is 0. The highest BCUT2D eigenvalue weighted by molar-refractivity contribution is 5.87. The van der Waals surface area contributed by atoms with Gasteiger partial charge in [-0.2, -0.15) is 0 Å². The molecule has 0 aromatic carbocycles. The van der Waals surface area contributed by atoms with Gasteiger partial charge >= 0.3 is 0 Å². The maximum Gasteiger partial charge on any atom is 0.139 e. The van der Waals surface area contributed by atoms with Crippen molar-refractivity contribution in [1.29, 1.82) is 0 Å². The standard InChI is InChI=1S/C13H22O/c1-9-5-6-11(14)13(4)10(2)7-8-12(9,13)3/h9-10H,5-8H2,1-4H3/t9-,10-,12+,13-/m1/s1. The van der Waals surface area contributed by atoms with Crippen molar-refractivity contribution in [3.63, 3.8) is 0 Å². The number of fused-ring (bicyclic) bond motifs is 1. The molecule has 0 radical (unpaired) electrons. The number of carbonyl (C=O) groups is 1. The van der Waals surface area contributed by atoms with Gasteiger partial charge in [0.1, 0.15) is 5.78 Å². The summed E-state index contributed by atoms with van der Waals surface area (Å²) in [5.74, 6) is 1.83. The second-order valence-electron chi connectivity index (χ2n) is 5.92. The summed E-state index contributed by atoms with van der Waals surface area (Å²) in [6.45, 7) is 9.17. The Labute approximate surface area is 87.3 Å². The van der Waals surface area contributed by atoms with Crippen molar-refractivity contribution >= 4 is 5.78 Å². The minimum Gasteiger partial charge on any atom is -0.299 e. The van der Waals surface area contributed by atoms with E-state index in [-0.39, 0.29) is 10.8 Å². The first-order chi connectivity index (χ1) is 6.43. The summed E-state index contributed by atoms with van der Waals surface area (Å²) in [5, 5.41) is 0. The van der Waals surface area contributed by atoms with Gasteiger partial charge in [0.05, 0.1) is 0 Å². The van der Waals surface area contributed by atoms with Crippen molar-refractivity contribution in [3.8, 4) is 0 Å². The molecule has 1 nitrogen and oxygen atoms in total. The van der Waals surface area contributed by atoms with E-state index in [0.29, 0.717) is 11.7 Å². The molecular formula is C13H22O. The van der Waals surface area contributed by atoms with Gasteiger partial charge < -0.3 is 0 Å². The van der Waals surface area contributed by atoms with Crippen molar-refractivity contribution in [2.24, 2.45) is 22.7 Å². The van der Waals surface area contributed by atoms with Gasteiger partial charge in [-0.25, -0.2) is 0 Å². The third-order valence-corrected chi connectivity index (χ3v) is 5.74. The van der Waals surface area contributed by atoms with Gasteiger partial charge in [-0.1, -0.05) is 27.7 Å². The predicted octanol–water partition coefficient (Wildman–Crippen LogP) is 3.43. The van der Waals surface area contributed by atoms with E-state index in [1.807, 2.05) is 0 Å². The summed E-state index contributed by atoms with van der Waals surface area (Å²) in [5.41, 5.74) is 0.256. The van der Waals surface area contributed by atoms with E-state index < -0.39 is 0 Å². The van der Waals surface area contributed by atoms with Gasteiger partial charge in [-0.3, -0.25) is 4.79 Å². The number of hydrogen-bond donors (Lipinski definition) is 0. The first-order valence-electron chi connectivity index (χ1n) is 5.96. The molecule has 0 amide bonds. The fourth-order valence-corrected chi connectivity index (χ4v) is 3.90. The van der Waals surface area contributed by atoms with Crippen molar-refractivity contribution in [3.05, 3.63) is 0 Å². The van der Waals surface area contributed by atoms with E-state index in [9.17, 15) is 4.79 Å². The minimum absolute atomic E-state index is 0.0231. The average Bonchev–Trinajstić information content (AvgIpc) is 2.39. The quantitative estimate of drug-likeness (QED) is 0.577. The molecule has 0 aliphatic heterocycles. The zero-order chi connectivity index (χ0) is 10.6. The van der Waals surface area contributed by atoms with Gasteiger partial charge in [-0.15, -0.1) is 0 Å². The largest absolute Gasteiger partial charge is 0.299 e. The molecule has 0 heterocycles. The SMILES string of the molecule is C[C@@H]1CCC(=O)[C@@]2(C)[C@H](C)CC[C@@]12C. The molecule has 0 aromatic rings. The number of carbonyl (C=O) groups excluding carboxylic acids is 1. The highest BCUT2D eigenvalue weighted by Gasteiger charge is 2.60. The molecule has 0 saturated heterocycles. The average molecular weight is 194 g/mol. The van der Waals surface area contributed by atoms with Gasteiger partial charge in [0.15, 0.2) is 0 Å². The Hall–Kier alpha value is -0.330. The van der Waals surface area contributed by atoms with Crippen LogP contribution in [0.5, 0.6) is 0 Å². The summed E-state index contributed by atoms with van der Waals surface area (Å²) in [6, 6.07) is 0. The van der Waals surface area contributed by atoms with Crippen LogP contribution in [0, 0.1) is 22.7 Å². The Morgan fingerprint density at radius 2 is 1.79 bits per heavy atom. The molecule has 80 valence electrons. The lowest BCUT2D eigenvalue weighted by Crippen LogP contribution is -2.50. The van der Waals surface area contributed by atoms with Gasteiger partial charge in [-0.05, 0) is 36.5 Å². The zero-order valence-electron chi connectivity index (χ0n) is 9.89. The summed E-state index contributed by atoms with van der Waals surface area (Å²) in [6.07, 6.45) is 4.41. The predicted molar refractivity (Wildman–Crippen MR) is 58.0 cm³/mol. The Morgan fingerprint density at radius 3 is 2.36 bits per heavy atom. The Bertz CT molecular complexity index is 270. The minimum atomic E-state index is -0.0231. The highest BCUT2D eigenvalue weighted by atomic mass is 16.1. The molecule has 0 unspecified atom stereocenters. The van der Waals surface area contributed by atoms with Crippen LogP contribution in [0.4, 0.5) is 0 Å². The number of hydrogen-bond acceptors (Lipinski definition) is 1. The molecule has 1 heteroatoms. The first-order valence-corrected chi connectivity index (χ1v) is 5.96. The van der Waals surface area contributed by atoms with Crippen LogP contribution in [-0.2, 0) is 4.79 Å². The number of rotatable bonds is 0. The van der Waals surface area contributed by atoms with Crippen LogP contribution in [-0.4, -0.2) is 5.78 Å². The summed E-state index contributed by atoms with van der Waals surface area (Å²) >= 11 is 0. The van der Waals surface area contributed by atoms with Crippen molar-refractivity contribution in [2.75, 3.05) is 0 Å². The molecular weight excluding hydrogens is 172 g/mol. The van der Waals surface area contributed by atoms with Crippen LogP contribution >= 0.6 is 0 Å². The maximum absolute atomic E-state index is 12.2. The van der Waals surface area contributed by atoms with Crippen LogP contribution in [0.25, 0.3) is 0 Å². The van der Waals surface area contributed by atoms with Crippen LogP contribution in [0.15, 0.2) is 0 Å². The van der Waals surface area contributed by atoms with E-state index >= 15 is 0 Å². The lowest BCUT2D eigenvalue weighted by molar-refractivity contribution is -0.144. The van der Waals surface area contributed by atoms with Gasteiger partial charge in [0.25, 0.3) is 0 Å². The van der Waals surface area contributed by atoms with Gasteiger partial charge in [0.2, 0.25) is 0 Å². The zero-order valence-corrected chi connectivity index (χ0v) is 9.89. The third kappa shape index (κ3) is 0.936. The van der Waals surface area contributed by atoms with Crippen molar-refractivity contribution < 1.29 is 4.79 Å². The second kappa shape index (κ2) is 2.84. The van der Waals surface area contributed by atoms with E-state index in [2.05, 4.69) is 27.7 Å². The molecule has 0 aromatic heterocycles. The van der Waals surface area contributed by atoms with Crippen LogP contribution in [0.1, 0.15) is 53.4 Å². The lowest BCUT2D eigenvalue weighted by atomic mass is 9.53. The molecule has 2 fully saturated rings. The summed E-state index contributed by atoms with van der Waals surface area (Å²) in [7, 11) is 0. The normalized spacial score (nSPS) is 53.3. The Balaban J connectivity index is 2.46. The smallest absolute Gasteiger partial charge is 0.139 e. The summed E-state index contributed by atoms with van der Waals surface area (Å²) in [4.78, 5) is 12.2. The molecule has 4 atom stereocenters. The monoisotopic (exact) mass is 194 g/mol. The second-order valence-corrected chi connectivity index (χ2v) is 5.92. The van der Waals surface area contributed by atoms with Crippen molar-refractivity contribution in [2.45, 2.75) is 53.4 Å². The van der Waals surface area contributed by atoms with Crippen molar-refractivity contribution in [1.82, 2.24) is 0 Å². The molecule has 2 aliphatic rings. The first kappa shape index (κ1) is 10.2. The topological polar surface area (TPSA) is 17.1 Å². The number of Topliss-reactive ketones (excluding diaryl/α,β-unsaturated/α-hetero) is 1. The van der Waals surface area contributed by atoms with E-state index in [1.165, 1.54) is 12.8 Å². The molecule has 2 saturated carbocycles. The molecule has 14 heavy (non-hydrogen) atoms. The maximum atomic E-state index is 12.2. The van der Waals surface area contributed by atoms with Crippen LogP contribution < -0.4 is 0 Å². The third-order valence-electron chi connectivity index (χ3n) is 5.74. The number of ketones is 1. The molecule has 0 spiro atoms. The molecule has 0 N–H and O–H groups in total. The van der Waals surface area contributed by atoms with Crippen LogP contribution in [0.2, 0.25) is 0 Å². The Morgan fingerprint density at radius 1 is 1.14 bits per heavy atom.